The molecular formula is C20H32NO3+. The van der Waals surface area contributed by atoms with Crippen LogP contribution in [-0.4, -0.2) is 44.2 Å². The van der Waals surface area contributed by atoms with E-state index in [1.54, 1.807) is 11.8 Å². The van der Waals surface area contributed by atoms with E-state index in [1.807, 2.05) is 12.1 Å². The molecule has 0 spiro atoms. The van der Waals surface area contributed by atoms with Crippen molar-refractivity contribution in [3.63, 3.8) is 0 Å². The molecule has 0 bridgehead atoms. The quantitative estimate of drug-likeness (QED) is 0.703. The third-order valence-corrected chi connectivity index (χ3v) is 4.50. The smallest absolute Gasteiger partial charge is 0.130 e. The van der Waals surface area contributed by atoms with Crippen LogP contribution in [0.5, 0.6) is 5.75 Å². The normalized spacial score (nSPS) is 23.9. The third kappa shape index (κ3) is 7.02. The average molecular weight is 334 g/mol. The summed E-state index contributed by atoms with van der Waals surface area (Å²) in [6.07, 6.45) is 4.45. The van der Waals surface area contributed by atoms with Crippen LogP contribution in [0.2, 0.25) is 0 Å². The zero-order valence-corrected chi connectivity index (χ0v) is 15.3. The summed E-state index contributed by atoms with van der Waals surface area (Å²) in [7, 11) is 0. The van der Waals surface area contributed by atoms with Gasteiger partial charge in [-0.25, -0.2) is 0 Å². The molecule has 1 unspecified atom stereocenters. The first-order valence-corrected chi connectivity index (χ1v) is 9.23. The molecule has 24 heavy (non-hydrogen) atoms. The molecule has 1 aromatic carbocycles. The summed E-state index contributed by atoms with van der Waals surface area (Å²) in [6, 6.07) is 8.12. The standard InChI is InChI=1S/C20H31NO3/c1-16(22)6-7-19-8-10-20(11-9-19)23-13-5-4-12-21-14-17(2)24-18(3)15-21/h8-11,17-18H,4-7,12-15H2,1-3H3/p+1/t17-,18+. The lowest BCUT2D eigenvalue weighted by molar-refractivity contribution is -0.915. The Bertz CT molecular complexity index is 490. The number of ketones is 1. The molecule has 4 heteroatoms. The second-order valence-corrected chi connectivity index (χ2v) is 7.07. The Morgan fingerprint density at radius 3 is 2.46 bits per heavy atom. The van der Waals surface area contributed by atoms with Gasteiger partial charge in [0.25, 0.3) is 0 Å². The molecule has 134 valence electrons. The van der Waals surface area contributed by atoms with Crippen molar-refractivity contribution in [2.45, 2.75) is 58.7 Å². The number of ether oxygens (including phenoxy) is 2. The minimum Gasteiger partial charge on any atom is -0.494 e. The second kappa shape index (κ2) is 9.80. The summed E-state index contributed by atoms with van der Waals surface area (Å²) in [5, 5.41) is 0. The Hall–Kier alpha value is -1.39. The van der Waals surface area contributed by atoms with Crippen LogP contribution in [0.4, 0.5) is 0 Å². The summed E-state index contributed by atoms with van der Waals surface area (Å²) < 4.78 is 11.6. The van der Waals surface area contributed by atoms with Crippen LogP contribution in [0.1, 0.15) is 45.6 Å². The zero-order chi connectivity index (χ0) is 17.4. The van der Waals surface area contributed by atoms with Crippen LogP contribution in [0.3, 0.4) is 0 Å². The first-order chi connectivity index (χ1) is 11.5. The molecule has 3 atom stereocenters. The van der Waals surface area contributed by atoms with Crippen molar-refractivity contribution in [3.05, 3.63) is 29.8 Å². The maximum absolute atomic E-state index is 11.0. The summed E-state index contributed by atoms with van der Waals surface area (Å²) >= 11 is 0. The lowest BCUT2D eigenvalue weighted by Crippen LogP contribution is -3.15. The number of quaternary nitrogens is 1. The van der Waals surface area contributed by atoms with Gasteiger partial charge in [0, 0.05) is 6.42 Å². The van der Waals surface area contributed by atoms with Gasteiger partial charge in [0.05, 0.1) is 13.2 Å². The SMILES string of the molecule is CC(=O)CCc1ccc(OCCCC[NH+]2C[C@@H](C)O[C@@H](C)C2)cc1. The van der Waals surface area contributed by atoms with Gasteiger partial charge < -0.3 is 19.2 Å². The molecule has 4 nitrogen and oxygen atoms in total. The van der Waals surface area contributed by atoms with Crippen molar-refractivity contribution in [2.24, 2.45) is 0 Å². The fourth-order valence-corrected chi connectivity index (χ4v) is 3.33. The van der Waals surface area contributed by atoms with Crippen molar-refractivity contribution in [3.8, 4) is 5.75 Å². The number of nitrogens with one attached hydrogen (secondary N) is 1. The van der Waals surface area contributed by atoms with E-state index >= 15 is 0 Å². The van der Waals surface area contributed by atoms with Crippen molar-refractivity contribution in [1.29, 1.82) is 0 Å². The zero-order valence-electron chi connectivity index (χ0n) is 15.3. The molecular weight excluding hydrogens is 302 g/mol. The Morgan fingerprint density at radius 1 is 1.17 bits per heavy atom. The maximum atomic E-state index is 11.0. The number of morpholine rings is 1. The molecule has 1 heterocycles. The average Bonchev–Trinajstić information content (AvgIpc) is 2.53. The molecule has 1 aliphatic heterocycles. The van der Waals surface area contributed by atoms with E-state index in [0.717, 1.165) is 38.3 Å². The first kappa shape index (κ1) is 18.9. The molecule has 1 fully saturated rings. The summed E-state index contributed by atoms with van der Waals surface area (Å²) in [5.41, 5.74) is 1.19. The van der Waals surface area contributed by atoms with E-state index < -0.39 is 0 Å². The lowest BCUT2D eigenvalue weighted by atomic mass is 10.1. The molecule has 1 saturated heterocycles. The molecule has 0 saturated carbocycles. The van der Waals surface area contributed by atoms with Crippen molar-refractivity contribution in [1.82, 2.24) is 0 Å². The molecule has 1 N–H and O–H groups in total. The Morgan fingerprint density at radius 2 is 1.83 bits per heavy atom. The van der Waals surface area contributed by atoms with Gasteiger partial charge >= 0.3 is 0 Å². The van der Waals surface area contributed by atoms with Crippen molar-refractivity contribution in [2.75, 3.05) is 26.2 Å². The highest BCUT2D eigenvalue weighted by molar-refractivity contribution is 5.75. The molecule has 0 amide bonds. The van der Waals surface area contributed by atoms with Crippen LogP contribution in [0, 0.1) is 0 Å². The van der Waals surface area contributed by atoms with Crippen LogP contribution in [0.15, 0.2) is 24.3 Å². The van der Waals surface area contributed by atoms with Crippen LogP contribution in [-0.2, 0) is 16.0 Å². The number of carbonyl (C=O) groups excluding carboxylic acids is 1. The highest BCUT2D eigenvalue weighted by Gasteiger charge is 2.24. The largest absolute Gasteiger partial charge is 0.494 e. The Balaban J connectivity index is 1.59. The number of hydrogen-bond acceptors (Lipinski definition) is 3. The van der Waals surface area contributed by atoms with Crippen LogP contribution >= 0.6 is 0 Å². The predicted octanol–water partition coefficient (Wildman–Crippen LogP) is 2.06. The number of Topliss-reactive ketones (excluding diaryl/α,β-unsaturated/α-hetero) is 1. The summed E-state index contributed by atoms with van der Waals surface area (Å²) in [6.45, 7) is 10.2. The highest BCUT2D eigenvalue weighted by atomic mass is 16.5. The van der Waals surface area contributed by atoms with Gasteiger partial charge in [0.2, 0.25) is 0 Å². The van der Waals surface area contributed by atoms with E-state index in [1.165, 1.54) is 18.5 Å². The molecule has 1 aliphatic rings. The van der Waals surface area contributed by atoms with E-state index in [0.29, 0.717) is 18.6 Å². The minimum atomic E-state index is 0.238. The Kier molecular flexibility index (Phi) is 7.73. The number of benzene rings is 1. The van der Waals surface area contributed by atoms with E-state index in [-0.39, 0.29) is 5.78 Å². The monoisotopic (exact) mass is 334 g/mol. The number of carbonyl (C=O) groups is 1. The second-order valence-electron chi connectivity index (χ2n) is 7.07. The van der Waals surface area contributed by atoms with Crippen LogP contribution < -0.4 is 9.64 Å². The van der Waals surface area contributed by atoms with Gasteiger partial charge in [0.15, 0.2) is 0 Å². The molecule has 2 rings (SSSR count). The number of unbranched alkanes of at least 4 members (excludes halogenated alkanes) is 1. The maximum Gasteiger partial charge on any atom is 0.130 e. The van der Waals surface area contributed by atoms with E-state index in [9.17, 15) is 4.79 Å². The molecule has 0 aromatic heterocycles. The van der Waals surface area contributed by atoms with Crippen molar-refractivity contribution < 1.29 is 19.2 Å². The molecule has 1 aromatic rings. The van der Waals surface area contributed by atoms with Crippen LogP contribution in [0.25, 0.3) is 0 Å². The van der Waals surface area contributed by atoms with E-state index in [4.69, 9.17) is 9.47 Å². The summed E-state index contributed by atoms with van der Waals surface area (Å²) in [4.78, 5) is 12.7. The van der Waals surface area contributed by atoms with Gasteiger partial charge in [-0.15, -0.1) is 0 Å². The topological polar surface area (TPSA) is 40.0 Å². The molecule has 0 aliphatic carbocycles. The van der Waals surface area contributed by atoms with Gasteiger partial charge in [-0.3, -0.25) is 0 Å². The minimum absolute atomic E-state index is 0.238. The lowest BCUT2D eigenvalue weighted by Gasteiger charge is -2.32. The number of rotatable bonds is 9. The summed E-state index contributed by atoms with van der Waals surface area (Å²) in [5.74, 6) is 1.16. The number of hydrogen-bond donors (Lipinski definition) is 1. The van der Waals surface area contributed by atoms with Gasteiger partial charge in [0.1, 0.15) is 36.8 Å². The first-order valence-electron chi connectivity index (χ1n) is 9.23. The number of aryl methyl sites for hydroxylation is 1. The van der Waals surface area contributed by atoms with Gasteiger partial charge in [-0.05, 0) is 57.7 Å². The van der Waals surface area contributed by atoms with Gasteiger partial charge in [-0.2, -0.15) is 0 Å². The van der Waals surface area contributed by atoms with E-state index in [2.05, 4.69) is 26.0 Å². The third-order valence-electron chi connectivity index (χ3n) is 4.50. The Labute approximate surface area is 146 Å². The highest BCUT2D eigenvalue weighted by Crippen LogP contribution is 2.14. The molecule has 0 radical (unpaired) electrons. The van der Waals surface area contributed by atoms with Gasteiger partial charge in [-0.1, -0.05) is 12.1 Å². The van der Waals surface area contributed by atoms with Crippen molar-refractivity contribution >= 4 is 5.78 Å². The predicted molar refractivity (Wildman–Crippen MR) is 95.7 cm³/mol. The fraction of sp³-hybridized carbons (Fsp3) is 0.650. The fourth-order valence-electron chi connectivity index (χ4n) is 3.33.